The molecule has 0 unspecified atom stereocenters. The van der Waals surface area contributed by atoms with Crippen LogP contribution in [-0.2, 0) is 4.74 Å². The molecule has 3 heterocycles. The van der Waals surface area contributed by atoms with Gasteiger partial charge in [-0.25, -0.2) is 0 Å². The van der Waals surface area contributed by atoms with Gasteiger partial charge in [-0.3, -0.25) is 19.7 Å². The largest absolute Gasteiger partial charge is 0.459 e. The molecule has 0 atom stereocenters. The lowest BCUT2D eigenvalue weighted by Crippen LogP contribution is -2.48. The van der Waals surface area contributed by atoms with Crippen LogP contribution in [0.1, 0.15) is 20.9 Å². The van der Waals surface area contributed by atoms with Gasteiger partial charge < -0.3 is 29.2 Å². The summed E-state index contributed by atoms with van der Waals surface area (Å²) < 4.78 is 10.5. The normalized spacial score (nSPS) is 15.9. The average molecular weight is 506 g/mol. The molecule has 37 heavy (non-hydrogen) atoms. The molecular formula is C26H27N5O6. The summed E-state index contributed by atoms with van der Waals surface area (Å²) in [6.07, 6.45) is 1.49. The number of nitro benzene ring substituents is 1. The van der Waals surface area contributed by atoms with Crippen LogP contribution in [0.4, 0.5) is 22.7 Å². The number of piperazine rings is 1. The van der Waals surface area contributed by atoms with Gasteiger partial charge in [-0.2, -0.15) is 0 Å². The first-order valence-corrected chi connectivity index (χ1v) is 12.1. The number of nitrogens with zero attached hydrogens (tertiary/aromatic N) is 4. The number of amides is 2. The number of hydrogen-bond donors (Lipinski definition) is 1. The first-order chi connectivity index (χ1) is 18.0. The molecule has 0 spiro atoms. The van der Waals surface area contributed by atoms with E-state index in [1.54, 1.807) is 41.3 Å². The highest BCUT2D eigenvalue weighted by atomic mass is 16.6. The standard InChI is InChI=1S/C26H27N5O6/c32-25(19-3-8-22(23(18-19)31(34)35)29-13-16-36-17-14-29)27-20-4-6-21(7-5-20)28-9-11-30(12-10-28)26(33)24-2-1-15-37-24/h1-8,15,18H,9-14,16-17H2,(H,27,32). The fourth-order valence-corrected chi connectivity index (χ4v) is 4.57. The van der Waals surface area contributed by atoms with Crippen molar-refractivity contribution in [3.8, 4) is 0 Å². The van der Waals surface area contributed by atoms with Gasteiger partial charge in [0.2, 0.25) is 0 Å². The molecule has 2 aliphatic heterocycles. The Kier molecular flexibility index (Phi) is 7.04. The summed E-state index contributed by atoms with van der Waals surface area (Å²) in [5.41, 5.74) is 2.16. The van der Waals surface area contributed by atoms with E-state index in [0.29, 0.717) is 69.6 Å². The van der Waals surface area contributed by atoms with E-state index in [1.165, 1.54) is 12.3 Å². The highest BCUT2D eigenvalue weighted by molar-refractivity contribution is 6.05. The number of anilines is 3. The maximum absolute atomic E-state index is 12.8. The topological polar surface area (TPSA) is 121 Å². The summed E-state index contributed by atoms with van der Waals surface area (Å²) in [5, 5.41) is 14.5. The fourth-order valence-electron chi connectivity index (χ4n) is 4.57. The van der Waals surface area contributed by atoms with Gasteiger partial charge in [0.15, 0.2) is 5.76 Å². The Hall–Kier alpha value is -4.38. The molecule has 11 nitrogen and oxygen atoms in total. The minimum atomic E-state index is -0.460. The van der Waals surface area contributed by atoms with E-state index >= 15 is 0 Å². The highest BCUT2D eigenvalue weighted by Crippen LogP contribution is 2.30. The lowest BCUT2D eigenvalue weighted by atomic mass is 10.1. The number of furan rings is 1. The Morgan fingerprint density at radius 2 is 1.62 bits per heavy atom. The molecule has 2 aliphatic rings. The van der Waals surface area contributed by atoms with E-state index in [9.17, 15) is 19.7 Å². The van der Waals surface area contributed by atoms with Crippen LogP contribution in [0.2, 0.25) is 0 Å². The summed E-state index contributed by atoms with van der Waals surface area (Å²) in [6, 6.07) is 15.3. The quantitative estimate of drug-likeness (QED) is 0.400. The monoisotopic (exact) mass is 505 g/mol. The molecule has 3 aromatic rings. The summed E-state index contributed by atoms with van der Waals surface area (Å²) in [7, 11) is 0. The molecule has 11 heteroatoms. The number of nitro groups is 1. The lowest BCUT2D eigenvalue weighted by molar-refractivity contribution is -0.384. The van der Waals surface area contributed by atoms with Crippen LogP contribution in [-0.4, -0.2) is 74.1 Å². The SMILES string of the molecule is O=C(Nc1ccc(N2CCN(C(=O)c3ccco3)CC2)cc1)c1ccc(N2CCOCC2)c([N+](=O)[O-])c1. The summed E-state index contributed by atoms with van der Waals surface area (Å²) in [6.45, 7) is 4.66. The van der Waals surface area contributed by atoms with E-state index in [2.05, 4.69) is 10.2 Å². The van der Waals surface area contributed by atoms with Crippen LogP contribution >= 0.6 is 0 Å². The van der Waals surface area contributed by atoms with Crippen molar-refractivity contribution in [1.29, 1.82) is 0 Å². The maximum atomic E-state index is 12.8. The second-order valence-corrected chi connectivity index (χ2v) is 8.82. The predicted octanol–water partition coefficient (Wildman–Crippen LogP) is 3.24. The van der Waals surface area contributed by atoms with Crippen LogP contribution in [0.5, 0.6) is 0 Å². The average Bonchev–Trinajstić information content (AvgIpc) is 3.48. The molecule has 192 valence electrons. The third kappa shape index (κ3) is 5.41. The number of benzene rings is 2. The number of hydrogen-bond acceptors (Lipinski definition) is 8. The molecule has 0 saturated carbocycles. The van der Waals surface area contributed by atoms with Crippen LogP contribution in [0, 0.1) is 10.1 Å². The molecule has 2 amide bonds. The molecule has 2 fully saturated rings. The third-order valence-electron chi connectivity index (χ3n) is 6.58. The minimum absolute atomic E-state index is 0.102. The van der Waals surface area contributed by atoms with Gasteiger partial charge in [0.1, 0.15) is 5.69 Å². The van der Waals surface area contributed by atoms with Gasteiger partial charge >= 0.3 is 0 Å². The van der Waals surface area contributed by atoms with Gasteiger partial charge in [0, 0.05) is 62.3 Å². The maximum Gasteiger partial charge on any atom is 0.293 e. The molecule has 2 saturated heterocycles. The van der Waals surface area contributed by atoms with Crippen LogP contribution < -0.4 is 15.1 Å². The van der Waals surface area contributed by atoms with Gasteiger partial charge in [0.25, 0.3) is 17.5 Å². The predicted molar refractivity (Wildman–Crippen MR) is 137 cm³/mol. The highest BCUT2D eigenvalue weighted by Gasteiger charge is 2.25. The van der Waals surface area contributed by atoms with Crippen molar-refractivity contribution in [2.75, 3.05) is 67.6 Å². The van der Waals surface area contributed by atoms with E-state index in [4.69, 9.17) is 9.15 Å². The number of carbonyl (C=O) groups excluding carboxylic acids is 2. The van der Waals surface area contributed by atoms with Gasteiger partial charge in [-0.05, 0) is 48.5 Å². The number of carbonyl (C=O) groups is 2. The third-order valence-corrected chi connectivity index (χ3v) is 6.58. The molecule has 5 rings (SSSR count). The number of nitrogens with one attached hydrogen (secondary N) is 1. The fraction of sp³-hybridized carbons (Fsp3) is 0.308. The zero-order valence-electron chi connectivity index (χ0n) is 20.2. The molecule has 0 radical (unpaired) electrons. The Bertz CT molecular complexity index is 1260. The van der Waals surface area contributed by atoms with Gasteiger partial charge in [-0.15, -0.1) is 0 Å². The number of morpholine rings is 1. The Balaban J connectivity index is 1.20. The van der Waals surface area contributed by atoms with E-state index in [0.717, 1.165) is 5.69 Å². The Labute approximate surface area is 213 Å². The molecule has 2 aromatic carbocycles. The Morgan fingerprint density at radius 1 is 0.892 bits per heavy atom. The zero-order valence-corrected chi connectivity index (χ0v) is 20.2. The van der Waals surface area contributed by atoms with Crippen molar-refractivity contribution in [3.63, 3.8) is 0 Å². The summed E-state index contributed by atoms with van der Waals surface area (Å²) >= 11 is 0. The first-order valence-electron chi connectivity index (χ1n) is 12.1. The Morgan fingerprint density at radius 3 is 2.27 bits per heavy atom. The van der Waals surface area contributed by atoms with Crippen molar-refractivity contribution in [3.05, 3.63) is 82.3 Å². The minimum Gasteiger partial charge on any atom is -0.459 e. The second kappa shape index (κ2) is 10.7. The van der Waals surface area contributed by atoms with Crippen molar-refractivity contribution >= 4 is 34.6 Å². The van der Waals surface area contributed by atoms with Crippen molar-refractivity contribution in [2.45, 2.75) is 0 Å². The van der Waals surface area contributed by atoms with Crippen LogP contribution in [0.3, 0.4) is 0 Å². The van der Waals surface area contributed by atoms with E-state index in [1.807, 2.05) is 17.0 Å². The zero-order chi connectivity index (χ0) is 25.8. The van der Waals surface area contributed by atoms with Gasteiger partial charge in [-0.1, -0.05) is 0 Å². The van der Waals surface area contributed by atoms with E-state index < -0.39 is 10.8 Å². The molecule has 1 N–H and O–H groups in total. The van der Waals surface area contributed by atoms with Crippen LogP contribution in [0.25, 0.3) is 0 Å². The van der Waals surface area contributed by atoms with E-state index in [-0.39, 0.29) is 17.2 Å². The lowest BCUT2D eigenvalue weighted by Gasteiger charge is -2.35. The van der Waals surface area contributed by atoms with Gasteiger partial charge in [0.05, 0.1) is 24.4 Å². The van der Waals surface area contributed by atoms with Crippen molar-refractivity contribution in [1.82, 2.24) is 4.90 Å². The van der Waals surface area contributed by atoms with Crippen molar-refractivity contribution in [2.24, 2.45) is 0 Å². The second-order valence-electron chi connectivity index (χ2n) is 8.82. The van der Waals surface area contributed by atoms with Crippen LogP contribution in [0.15, 0.2) is 65.3 Å². The number of ether oxygens (including phenoxy) is 1. The summed E-state index contributed by atoms with van der Waals surface area (Å²) in [4.78, 5) is 42.4. The number of rotatable bonds is 6. The summed E-state index contributed by atoms with van der Waals surface area (Å²) in [5.74, 6) is -0.190. The molecule has 0 bridgehead atoms. The molecule has 1 aromatic heterocycles. The molecule has 0 aliphatic carbocycles. The smallest absolute Gasteiger partial charge is 0.293 e. The molecular weight excluding hydrogens is 478 g/mol. The first kappa shape index (κ1) is 24.3. The van der Waals surface area contributed by atoms with Crippen molar-refractivity contribution < 1.29 is 23.7 Å².